The van der Waals surface area contributed by atoms with Crippen molar-refractivity contribution in [2.45, 2.75) is 13.0 Å². The Kier molecular flexibility index (Phi) is 3.88. The molecule has 0 radical (unpaired) electrons. The van der Waals surface area contributed by atoms with Crippen molar-refractivity contribution in [3.8, 4) is 11.8 Å². The molecule has 0 aliphatic rings. The lowest BCUT2D eigenvalue weighted by Gasteiger charge is -2.07. The van der Waals surface area contributed by atoms with Gasteiger partial charge in [-0.25, -0.2) is 0 Å². The zero-order valence-corrected chi connectivity index (χ0v) is 11.9. The highest BCUT2D eigenvalue weighted by Gasteiger charge is 2.12. The smallest absolute Gasteiger partial charge is 0.193 e. The van der Waals surface area contributed by atoms with Crippen molar-refractivity contribution in [1.29, 1.82) is 5.26 Å². The Morgan fingerprint density at radius 1 is 1.14 bits per heavy atom. The number of carbonyl (C=O) groups excluding carboxylic acids is 1. The number of hydrogen-bond donors (Lipinski definition) is 1. The van der Waals surface area contributed by atoms with Crippen LogP contribution in [0.3, 0.4) is 0 Å². The van der Waals surface area contributed by atoms with E-state index < -0.39 is 0 Å². The number of Topliss-reactive ketones (excluding diaryl/α,β-unsaturated/α-hetero) is 1. The molecular weight excluding hydrogens is 276 g/mol. The third-order valence-corrected chi connectivity index (χ3v) is 3.40. The zero-order valence-electron chi connectivity index (χ0n) is 11.9. The Morgan fingerprint density at radius 2 is 1.95 bits per heavy atom. The van der Waals surface area contributed by atoms with Gasteiger partial charge >= 0.3 is 0 Å². The number of aromatic nitrogens is 1. The molecule has 0 aliphatic heterocycles. The van der Waals surface area contributed by atoms with Crippen molar-refractivity contribution >= 4 is 16.7 Å². The number of ketones is 1. The summed E-state index contributed by atoms with van der Waals surface area (Å²) in [5, 5.41) is 9.48. The number of H-pyrrole nitrogens is 1. The molecule has 22 heavy (non-hydrogen) atoms. The monoisotopic (exact) mass is 290 g/mol. The van der Waals surface area contributed by atoms with Crippen molar-refractivity contribution in [2.75, 3.05) is 0 Å². The molecule has 1 N–H and O–H groups in total. The number of nitrogens with zero attached hydrogens (tertiary/aromatic N) is 1. The number of ether oxygens (including phenoxy) is 1. The molecule has 0 spiro atoms. The van der Waals surface area contributed by atoms with Crippen LogP contribution in [0.1, 0.15) is 22.5 Å². The molecule has 0 atom stereocenters. The first-order valence-electron chi connectivity index (χ1n) is 6.96. The second-order valence-electron chi connectivity index (χ2n) is 4.93. The molecule has 4 heteroatoms. The van der Waals surface area contributed by atoms with Gasteiger partial charge < -0.3 is 9.72 Å². The van der Waals surface area contributed by atoms with Crippen molar-refractivity contribution in [3.05, 3.63) is 65.9 Å². The first kappa shape index (κ1) is 13.9. The third kappa shape index (κ3) is 2.84. The highest BCUT2D eigenvalue weighted by atomic mass is 16.5. The number of aromatic amines is 1. The highest BCUT2D eigenvalue weighted by Crippen LogP contribution is 2.27. The van der Waals surface area contributed by atoms with Crippen molar-refractivity contribution in [1.82, 2.24) is 4.98 Å². The molecule has 1 aromatic heterocycles. The average Bonchev–Trinajstić information content (AvgIpc) is 2.99. The number of benzene rings is 2. The molecule has 1 heterocycles. The number of fused-ring (bicyclic) bond motifs is 1. The van der Waals surface area contributed by atoms with E-state index in [9.17, 15) is 4.79 Å². The molecule has 0 saturated carbocycles. The maximum absolute atomic E-state index is 11.8. The Labute approximate surface area is 128 Å². The largest absolute Gasteiger partial charge is 0.488 e. The summed E-state index contributed by atoms with van der Waals surface area (Å²) in [4.78, 5) is 14.8. The van der Waals surface area contributed by atoms with Gasteiger partial charge in [-0.2, -0.15) is 5.26 Å². The number of hydrogen-bond acceptors (Lipinski definition) is 3. The van der Waals surface area contributed by atoms with E-state index in [0.29, 0.717) is 18.1 Å². The summed E-state index contributed by atoms with van der Waals surface area (Å²) in [5.41, 5.74) is 2.34. The molecule has 0 saturated heterocycles. The van der Waals surface area contributed by atoms with E-state index in [2.05, 4.69) is 4.98 Å². The molecule has 0 amide bonds. The standard InChI is InChI=1S/C18H14N2O2/c19-10-9-17(21)16-11-14-15(20-16)7-4-8-18(14)22-12-13-5-2-1-3-6-13/h1-8,11,20H,9,12H2. The van der Waals surface area contributed by atoms with E-state index in [0.717, 1.165) is 16.5 Å². The summed E-state index contributed by atoms with van der Waals surface area (Å²) in [5.74, 6) is 0.501. The van der Waals surface area contributed by atoms with Crippen LogP contribution in [0.2, 0.25) is 0 Å². The summed E-state index contributed by atoms with van der Waals surface area (Å²) in [6.07, 6.45) is -0.132. The van der Waals surface area contributed by atoms with E-state index in [4.69, 9.17) is 10.00 Å². The van der Waals surface area contributed by atoms with Crippen LogP contribution in [-0.2, 0) is 6.61 Å². The number of nitrogens with one attached hydrogen (secondary N) is 1. The van der Waals surface area contributed by atoms with Crippen molar-refractivity contribution < 1.29 is 9.53 Å². The normalized spacial score (nSPS) is 10.3. The van der Waals surface area contributed by atoms with Gasteiger partial charge in [-0.05, 0) is 23.8 Å². The molecule has 3 aromatic rings. The van der Waals surface area contributed by atoms with Gasteiger partial charge in [0.1, 0.15) is 18.8 Å². The van der Waals surface area contributed by atoms with E-state index >= 15 is 0 Å². The van der Waals surface area contributed by atoms with Gasteiger partial charge in [-0.1, -0.05) is 36.4 Å². The second kappa shape index (κ2) is 6.15. The van der Waals surface area contributed by atoms with Gasteiger partial charge in [-0.3, -0.25) is 4.79 Å². The number of nitriles is 1. The van der Waals surface area contributed by atoms with Crippen molar-refractivity contribution in [3.63, 3.8) is 0 Å². The average molecular weight is 290 g/mol. The summed E-state index contributed by atoms with van der Waals surface area (Å²) < 4.78 is 5.86. The van der Waals surface area contributed by atoms with Gasteiger partial charge in [0.2, 0.25) is 0 Å². The first-order valence-corrected chi connectivity index (χ1v) is 6.96. The van der Waals surface area contributed by atoms with Crippen LogP contribution >= 0.6 is 0 Å². The van der Waals surface area contributed by atoms with E-state index in [1.165, 1.54) is 0 Å². The molecule has 0 fully saturated rings. The predicted octanol–water partition coefficient (Wildman–Crippen LogP) is 3.84. The molecular formula is C18H14N2O2. The predicted molar refractivity (Wildman–Crippen MR) is 83.6 cm³/mol. The minimum Gasteiger partial charge on any atom is -0.488 e. The van der Waals surface area contributed by atoms with E-state index in [1.807, 2.05) is 54.6 Å². The maximum atomic E-state index is 11.8. The number of carbonyl (C=O) groups is 1. The molecule has 108 valence electrons. The highest BCUT2D eigenvalue weighted by molar-refractivity contribution is 6.01. The first-order chi connectivity index (χ1) is 10.8. The molecule has 2 aromatic carbocycles. The fourth-order valence-electron chi connectivity index (χ4n) is 2.31. The van der Waals surface area contributed by atoms with Crippen molar-refractivity contribution in [2.24, 2.45) is 0 Å². The maximum Gasteiger partial charge on any atom is 0.193 e. The fourth-order valence-corrected chi connectivity index (χ4v) is 2.31. The van der Waals surface area contributed by atoms with Gasteiger partial charge in [0, 0.05) is 10.9 Å². The van der Waals surface area contributed by atoms with Crippen LogP contribution in [0, 0.1) is 11.3 Å². The summed E-state index contributed by atoms with van der Waals surface area (Å²) >= 11 is 0. The van der Waals surface area contributed by atoms with Crippen LogP contribution in [0.4, 0.5) is 0 Å². The van der Waals surface area contributed by atoms with Crippen LogP contribution in [0.5, 0.6) is 5.75 Å². The topological polar surface area (TPSA) is 65.9 Å². The third-order valence-electron chi connectivity index (χ3n) is 3.40. The van der Waals surface area contributed by atoms with Crippen LogP contribution in [0.25, 0.3) is 10.9 Å². The van der Waals surface area contributed by atoms with E-state index in [1.54, 1.807) is 6.07 Å². The Hall–Kier alpha value is -3.06. The number of rotatable bonds is 5. The quantitative estimate of drug-likeness (QED) is 0.726. The lowest BCUT2D eigenvalue weighted by molar-refractivity contribution is 0.0994. The molecule has 0 bridgehead atoms. The van der Waals surface area contributed by atoms with Crippen LogP contribution < -0.4 is 4.74 Å². The van der Waals surface area contributed by atoms with Gasteiger partial charge in [-0.15, -0.1) is 0 Å². The Morgan fingerprint density at radius 3 is 2.73 bits per heavy atom. The Bertz CT molecular complexity index is 844. The second-order valence-corrected chi connectivity index (χ2v) is 4.93. The Balaban J connectivity index is 1.87. The molecule has 3 rings (SSSR count). The molecule has 0 unspecified atom stereocenters. The SMILES string of the molecule is N#CCC(=O)c1cc2c(OCc3ccccc3)cccc2[nH]1. The molecule has 4 nitrogen and oxygen atoms in total. The minimum atomic E-state index is -0.215. The van der Waals surface area contributed by atoms with E-state index in [-0.39, 0.29) is 12.2 Å². The zero-order chi connectivity index (χ0) is 15.4. The van der Waals surface area contributed by atoms with Crippen LogP contribution in [-0.4, -0.2) is 10.8 Å². The lowest BCUT2D eigenvalue weighted by Crippen LogP contribution is -1.96. The summed E-state index contributed by atoms with van der Waals surface area (Å²) in [6.45, 7) is 0.465. The van der Waals surface area contributed by atoms with Gasteiger partial charge in [0.15, 0.2) is 5.78 Å². The fraction of sp³-hybridized carbons (Fsp3) is 0.111. The molecule has 0 aliphatic carbocycles. The summed E-state index contributed by atoms with van der Waals surface area (Å²) in [7, 11) is 0. The van der Waals surface area contributed by atoms with Crippen LogP contribution in [0.15, 0.2) is 54.6 Å². The van der Waals surface area contributed by atoms with Gasteiger partial charge in [0.25, 0.3) is 0 Å². The lowest BCUT2D eigenvalue weighted by atomic mass is 10.2. The minimum absolute atomic E-state index is 0.132. The van der Waals surface area contributed by atoms with Gasteiger partial charge in [0.05, 0.1) is 11.8 Å². The summed E-state index contributed by atoms with van der Waals surface area (Å²) in [6, 6.07) is 19.1.